The fourth-order valence-electron chi connectivity index (χ4n) is 3.10. The normalized spacial score (nSPS) is 15.5. The van der Waals surface area contributed by atoms with Crippen molar-refractivity contribution in [3.63, 3.8) is 0 Å². The Hall–Kier alpha value is -2.93. The number of rotatable bonds is 3. The van der Waals surface area contributed by atoms with E-state index in [9.17, 15) is 0 Å². The maximum atomic E-state index is 6.38. The van der Waals surface area contributed by atoms with E-state index in [0.29, 0.717) is 11.5 Å². The van der Waals surface area contributed by atoms with Crippen LogP contribution in [0.25, 0.3) is 10.9 Å². The molecular weight excluding hydrogens is 314 g/mol. The maximum absolute atomic E-state index is 6.38. The highest BCUT2D eigenvalue weighted by atomic mass is 15.3. The summed E-state index contributed by atoms with van der Waals surface area (Å²) in [6.45, 7) is 3.83. The largest absolute Gasteiger partial charge is 0.393 e. The van der Waals surface area contributed by atoms with Gasteiger partial charge in [0, 0.05) is 43.4 Å². The van der Waals surface area contributed by atoms with Crippen LogP contribution >= 0.6 is 0 Å². The zero-order valence-corrected chi connectivity index (χ0v) is 14.2. The minimum atomic E-state index is 0.577. The van der Waals surface area contributed by atoms with Gasteiger partial charge in [-0.05, 0) is 31.3 Å². The van der Waals surface area contributed by atoms with Gasteiger partial charge in [-0.25, -0.2) is 9.97 Å². The first kappa shape index (κ1) is 15.6. The quantitative estimate of drug-likeness (QED) is 0.758. The molecular formula is C18H21N7. The molecule has 4 rings (SSSR count). The summed E-state index contributed by atoms with van der Waals surface area (Å²) >= 11 is 0. The zero-order valence-electron chi connectivity index (χ0n) is 14.2. The van der Waals surface area contributed by atoms with Crippen molar-refractivity contribution in [1.82, 2.24) is 19.9 Å². The molecule has 128 valence electrons. The molecule has 1 aliphatic heterocycles. The van der Waals surface area contributed by atoms with Gasteiger partial charge in [0.2, 0.25) is 0 Å². The Bertz CT molecular complexity index is 882. The molecule has 1 aromatic carbocycles. The molecule has 0 unspecified atom stereocenters. The molecule has 0 amide bonds. The van der Waals surface area contributed by atoms with Crippen LogP contribution in [0.2, 0.25) is 0 Å². The minimum Gasteiger partial charge on any atom is -0.393 e. The second-order valence-electron chi connectivity index (χ2n) is 6.25. The molecule has 2 aromatic heterocycles. The Kier molecular flexibility index (Phi) is 4.07. The predicted molar refractivity (Wildman–Crippen MR) is 101 cm³/mol. The van der Waals surface area contributed by atoms with Crippen LogP contribution in [0.15, 0.2) is 42.9 Å². The lowest BCUT2D eigenvalue weighted by molar-refractivity contribution is 0.312. The van der Waals surface area contributed by atoms with E-state index in [0.717, 1.165) is 48.6 Å². The summed E-state index contributed by atoms with van der Waals surface area (Å²) in [5.74, 6) is 1.42. The number of nitrogen functional groups attached to an aromatic ring is 1. The number of anilines is 4. The highest BCUT2D eigenvalue weighted by molar-refractivity contribution is 5.94. The second-order valence-corrected chi connectivity index (χ2v) is 6.25. The average Bonchev–Trinajstić information content (AvgIpc) is 2.65. The zero-order chi connectivity index (χ0) is 17.2. The van der Waals surface area contributed by atoms with E-state index in [1.165, 1.54) is 0 Å². The second kappa shape index (κ2) is 6.52. The third-order valence-electron chi connectivity index (χ3n) is 4.56. The van der Waals surface area contributed by atoms with Gasteiger partial charge in [0.1, 0.15) is 12.0 Å². The van der Waals surface area contributed by atoms with Gasteiger partial charge >= 0.3 is 0 Å². The van der Waals surface area contributed by atoms with Crippen LogP contribution in [0.3, 0.4) is 0 Å². The molecule has 1 aliphatic rings. The molecule has 25 heavy (non-hydrogen) atoms. The number of nitrogens with one attached hydrogen (secondary N) is 1. The van der Waals surface area contributed by atoms with Crippen molar-refractivity contribution in [2.24, 2.45) is 0 Å². The minimum absolute atomic E-state index is 0.577. The van der Waals surface area contributed by atoms with Crippen molar-refractivity contribution in [2.75, 3.05) is 49.2 Å². The summed E-state index contributed by atoms with van der Waals surface area (Å²) in [7, 11) is 2.13. The first-order valence-corrected chi connectivity index (χ1v) is 8.37. The standard InChI is InChI=1S/C18H21N7/c1-24-8-10-25(11-9-24)18-16(19)17(21-12-22-18)23-15-6-2-5-14-13(15)4-3-7-20-14/h2-7,12H,8-11,19H2,1H3,(H,21,22,23). The van der Waals surface area contributed by atoms with Gasteiger partial charge in [0.15, 0.2) is 11.6 Å². The lowest BCUT2D eigenvalue weighted by Crippen LogP contribution is -2.45. The number of nitrogens with zero attached hydrogens (tertiary/aromatic N) is 5. The molecule has 3 heterocycles. The lowest BCUT2D eigenvalue weighted by Gasteiger charge is -2.33. The van der Waals surface area contributed by atoms with Gasteiger partial charge in [-0.15, -0.1) is 0 Å². The monoisotopic (exact) mass is 335 g/mol. The van der Waals surface area contributed by atoms with Crippen LogP contribution in [0.5, 0.6) is 0 Å². The Morgan fingerprint density at radius 1 is 1.00 bits per heavy atom. The molecule has 0 radical (unpaired) electrons. The number of pyridine rings is 1. The molecule has 3 aromatic rings. The van der Waals surface area contributed by atoms with Crippen LogP contribution < -0.4 is 16.0 Å². The molecule has 0 atom stereocenters. The van der Waals surface area contributed by atoms with Gasteiger partial charge in [-0.2, -0.15) is 0 Å². The van der Waals surface area contributed by atoms with Gasteiger partial charge in [-0.1, -0.05) is 6.07 Å². The molecule has 0 bridgehead atoms. The molecule has 1 saturated heterocycles. The fraction of sp³-hybridized carbons (Fsp3) is 0.278. The number of piperazine rings is 1. The van der Waals surface area contributed by atoms with Crippen molar-refractivity contribution < 1.29 is 0 Å². The number of aromatic nitrogens is 3. The van der Waals surface area contributed by atoms with Gasteiger partial charge < -0.3 is 20.9 Å². The summed E-state index contributed by atoms with van der Waals surface area (Å²) in [4.78, 5) is 17.7. The molecule has 3 N–H and O–H groups in total. The first-order valence-electron chi connectivity index (χ1n) is 8.37. The first-order chi connectivity index (χ1) is 12.2. The SMILES string of the molecule is CN1CCN(c2ncnc(Nc3cccc4ncccc34)c2N)CC1. The molecule has 7 heteroatoms. The topological polar surface area (TPSA) is 83.2 Å². The van der Waals surface area contributed by atoms with Crippen molar-refractivity contribution in [3.05, 3.63) is 42.9 Å². The van der Waals surface area contributed by atoms with E-state index in [2.05, 4.69) is 37.1 Å². The summed E-state index contributed by atoms with van der Waals surface area (Å²) < 4.78 is 0. The van der Waals surface area contributed by atoms with E-state index in [1.807, 2.05) is 30.3 Å². The maximum Gasteiger partial charge on any atom is 0.159 e. The molecule has 7 nitrogen and oxygen atoms in total. The van der Waals surface area contributed by atoms with E-state index in [4.69, 9.17) is 5.73 Å². The molecule has 0 spiro atoms. The van der Waals surface area contributed by atoms with E-state index >= 15 is 0 Å². The van der Waals surface area contributed by atoms with Crippen LogP contribution in [0.4, 0.5) is 23.0 Å². The van der Waals surface area contributed by atoms with Gasteiger partial charge in [0.05, 0.1) is 5.52 Å². The van der Waals surface area contributed by atoms with Crippen molar-refractivity contribution in [3.8, 4) is 0 Å². The van der Waals surface area contributed by atoms with E-state index < -0.39 is 0 Å². The lowest BCUT2D eigenvalue weighted by atomic mass is 10.2. The summed E-state index contributed by atoms with van der Waals surface area (Å²) in [6.07, 6.45) is 3.35. The van der Waals surface area contributed by atoms with Crippen molar-refractivity contribution in [2.45, 2.75) is 0 Å². The van der Waals surface area contributed by atoms with Gasteiger partial charge in [-0.3, -0.25) is 4.98 Å². The molecule has 0 aliphatic carbocycles. The van der Waals surface area contributed by atoms with Crippen molar-refractivity contribution in [1.29, 1.82) is 0 Å². The Morgan fingerprint density at radius 3 is 2.68 bits per heavy atom. The smallest absolute Gasteiger partial charge is 0.159 e. The third kappa shape index (κ3) is 3.06. The van der Waals surface area contributed by atoms with Crippen LogP contribution in [0, 0.1) is 0 Å². The van der Waals surface area contributed by atoms with Crippen LogP contribution in [-0.4, -0.2) is 53.1 Å². The highest BCUT2D eigenvalue weighted by Crippen LogP contribution is 2.31. The number of likely N-dealkylation sites (N-methyl/N-ethyl adjacent to an activating group) is 1. The van der Waals surface area contributed by atoms with Crippen LogP contribution in [0.1, 0.15) is 0 Å². The number of hydrogen-bond acceptors (Lipinski definition) is 7. The van der Waals surface area contributed by atoms with E-state index in [1.54, 1.807) is 12.5 Å². The number of benzene rings is 1. The Labute approximate surface area is 146 Å². The Morgan fingerprint density at radius 2 is 1.84 bits per heavy atom. The summed E-state index contributed by atoms with van der Waals surface area (Å²) in [5.41, 5.74) is 8.82. The summed E-state index contributed by atoms with van der Waals surface area (Å²) in [5, 5.41) is 4.38. The number of hydrogen-bond donors (Lipinski definition) is 2. The number of fused-ring (bicyclic) bond motifs is 1. The van der Waals surface area contributed by atoms with Crippen LogP contribution in [-0.2, 0) is 0 Å². The fourth-order valence-corrected chi connectivity index (χ4v) is 3.10. The van der Waals surface area contributed by atoms with E-state index in [-0.39, 0.29) is 0 Å². The average molecular weight is 335 g/mol. The summed E-state index contributed by atoms with van der Waals surface area (Å²) in [6, 6.07) is 9.91. The molecule has 0 saturated carbocycles. The van der Waals surface area contributed by atoms with Crippen molar-refractivity contribution >= 4 is 33.9 Å². The van der Waals surface area contributed by atoms with Gasteiger partial charge in [0.25, 0.3) is 0 Å². The third-order valence-corrected chi connectivity index (χ3v) is 4.56. The number of nitrogens with two attached hydrogens (primary N) is 1. The highest BCUT2D eigenvalue weighted by Gasteiger charge is 2.19. The predicted octanol–water partition coefficient (Wildman–Crippen LogP) is 2.10. The molecule has 1 fully saturated rings. The Balaban J connectivity index is 1.66.